The SMILES string of the molecule is O=C1Nc2ccc(F)cc2C12CC2c1ccc2c(/C=C/c3ccc(CN4CCOCC4)cc3)n[nH]c2c1. The molecule has 7 rings (SSSR count). The van der Waals surface area contributed by atoms with Gasteiger partial charge >= 0.3 is 0 Å². The summed E-state index contributed by atoms with van der Waals surface area (Å²) in [5.41, 5.74) is 6.11. The Bertz CT molecular complexity index is 1540. The fourth-order valence-corrected chi connectivity index (χ4v) is 5.89. The molecule has 0 bridgehead atoms. The molecule has 1 spiro atoms. The highest BCUT2D eigenvalue weighted by Crippen LogP contribution is 2.65. The van der Waals surface area contributed by atoms with Crippen LogP contribution in [-0.2, 0) is 21.5 Å². The first kappa shape index (κ1) is 22.4. The number of amides is 1. The van der Waals surface area contributed by atoms with Crippen molar-refractivity contribution in [3.8, 4) is 0 Å². The third-order valence-electron chi connectivity index (χ3n) is 8.02. The number of benzene rings is 3. The first-order chi connectivity index (χ1) is 18.1. The molecule has 7 heteroatoms. The normalized spacial score (nSPS) is 23.2. The number of hydrogen-bond donors (Lipinski definition) is 2. The number of carbonyl (C=O) groups is 1. The van der Waals surface area contributed by atoms with Crippen molar-refractivity contribution >= 4 is 34.6 Å². The number of halogens is 1. The fraction of sp³-hybridized carbons (Fsp3) is 0.267. The Morgan fingerprint density at radius 1 is 1.05 bits per heavy atom. The molecule has 1 aliphatic carbocycles. The van der Waals surface area contributed by atoms with Gasteiger partial charge in [0, 0.05) is 36.6 Å². The van der Waals surface area contributed by atoms with Crippen molar-refractivity contribution in [2.45, 2.75) is 24.3 Å². The minimum Gasteiger partial charge on any atom is -0.379 e. The number of aromatic amines is 1. The van der Waals surface area contributed by atoms with Gasteiger partial charge < -0.3 is 10.1 Å². The summed E-state index contributed by atoms with van der Waals surface area (Å²) in [6, 6.07) is 19.4. The number of nitrogens with zero attached hydrogens (tertiary/aromatic N) is 2. The van der Waals surface area contributed by atoms with Crippen LogP contribution in [0.15, 0.2) is 60.7 Å². The first-order valence-electron chi connectivity index (χ1n) is 12.8. The molecule has 3 aliphatic rings. The molecule has 4 aromatic rings. The quantitative estimate of drug-likeness (QED) is 0.406. The van der Waals surface area contributed by atoms with Crippen molar-refractivity contribution < 1.29 is 13.9 Å². The van der Waals surface area contributed by atoms with E-state index in [1.165, 1.54) is 17.7 Å². The Labute approximate surface area is 214 Å². The van der Waals surface area contributed by atoms with Crippen molar-refractivity contribution in [1.29, 1.82) is 0 Å². The molecule has 1 amide bonds. The maximum atomic E-state index is 13.9. The van der Waals surface area contributed by atoms with Gasteiger partial charge in [0.05, 0.1) is 29.8 Å². The molecule has 2 fully saturated rings. The fourth-order valence-electron chi connectivity index (χ4n) is 5.89. The van der Waals surface area contributed by atoms with Crippen molar-refractivity contribution in [3.63, 3.8) is 0 Å². The third-order valence-corrected chi connectivity index (χ3v) is 8.02. The average molecular weight is 495 g/mol. The van der Waals surface area contributed by atoms with E-state index >= 15 is 0 Å². The Morgan fingerprint density at radius 3 is 2.73 bits per heavy atom. The molecule has 3 heterocycles. The average Bonchev–Trinajstić information content (AvgIpc) is 3.47. The standard InChI is InChI=1S/C30H27FN4O2/c31-22-7-10-27-24(16-22)30(29(36)32-27)17-25(30)21-6-8-23-26(33-34-28(23)15-21)9-5-19-1-3-20(4-2-19)18-35-11-13-37-14-12-35/h1-10,15-16,25H,11-14,17-18H2,(H,32,36)(H,33,34)/b9-5+. The van der Waals surface area contributed by atoms with Gasteiger partial charge in [-0.2, -0.15) is 5.10 Å². The second kappa shape index (κ2) is 8.64. The van der Waals surface area contributed by atoms with Gasteiger partial charge in [0.25, 0.3) is 0 Å². The lowest BCUT2D eigenvalue weighted by Crippen LogP contribution is -2.35. The van der Waals surface area contributed by atoms with Crippen molar-refractivity contribution in [2.24, 2.45) is 0 Å². The molecule has 2 aliphatic heterocycles. The number of fused-ring (bicyclic) bond motifs is 3. The van der Waals surface area contributed by atoms with Crippen LogP contribution >= 0.6 is 0 Å². The molecule has 1 saturated heterocycles. The maximum Gasteiger partial charge on any atom is 0.235 e. The summed E-state index contributed by atoms with van der Waals surface area (Å²) in [6.45, 7) is 4.53. The van der Waals surface area contributed by atoms with Crippen LogP contribution in [0.2, 0.25) is 0 Å². The van der Waals surface area contributed by atoms with Gasteiger partial charge in [0.1, 0.15) is 5.82 Å². The number of morpholine rings is 1. The van der Waals surface area contributed by atoms with E-state index in [1.807, 2.05) is 6.08 Å². The van der Waals surface area contributed by atoms with Gasteiger partial charge in [-0.15, -0.1) is 0 Å². The van der Waals surface area contributed by atoms with Crippen LogP contribution in [0.4, 0.5) is 10.1 Å². The Balaban J connectivity index is 1.08. The van der Waals surface area contributed by atoms with E-state index in [-0.39, 0.29) is 17.6 Å². The van der Waals surface area contributed by atoms with Gasteiger partial charge in [0.15, 0.2) is 0 Å². The van der Waals surface area contributed by atoms with Crippen molar-refractivity contribution in [2.75, 3.05) is 31.6 Å². The molecule has 2 atom stereocenters. The highest BCUT2D eigenvalue weighted by atomic mass is 19.1. The second-order valence-electron chi connectivity index (χ2n) is 10.2. The highest BCUT2D eigenvalue weighted by molar-refractivity contribution is 6.10. The molecular weight excluding hydrogens is 467 g/mol. The zero-order valence-electron chi connectivity index (χ0n) is 20.3. The zero-order chi connectivity index (χ0) is 25.0. The molecule has 3 aromatic carbocycles. The van der Waals surface area contributed by atoms with Gasteiger partial charge in [-0.1, -0.05) is 42.5 Å². The third kappa shape index (κ3) is 3.86. The molecule has 2 unspecified atom stereocenters. The smallest absolute Gasteiger partial charge is 0.235 e. The van der Waals surface area contributed by atoms with Crippen LogP contribution in [0.25, 0.3) is 23.1 Å². The summed E-state index contributed by atoms with van der Waals surface area (Å²) in [5.74, 6) is -0.326. The molecule has 2 N–H and O–H groups in total. The van der Waals surface area contributed by atoms with E-state index in [1.54, 1.807) is 6.07 Å². The number of anilines is 1. The predicted molar refractivity (Wildman–Crippen MR) is 142 cm³/mol. The van der Waals surface area contributed by atoms with Crippen molar-refractivity contribution in [3.05, 3.63) is 94.4 Å². The van der Waals surface area contributed by atoms with Crippen LogP contribution in [0, 0.1) is 5.82 Å². The maximum absolute atomic E-state index is 13.9. The lowest BCUT2D eigenvalue weighted by Gasteiger charge is -2.26. The van der Waals surface area contributed by atoms with E-state index in [2.05, 4.69) is 69.0 Å². The van der Waals surface area contributed by atoms with Gasteiger partial charge in [-0.3, -0.25) is 14.8 Å². The largest absolute Gasteiger partial charge is 0.379 e. The molecule has 37 heavy (non-hydrogen) atoms. The summed E-state index contributed by atoms with van der Waals surface area (Å²) >= 11 is 0. The Morgan fingerprint density at radius 2 is 1.89 bits per heavy atom. The van der Waals surface area contributed by atoms with Crippen LogP contribution in [0.1, 0.15) is 40.3 Å². The number of ether oxygens (including phenoxy) is 1. The number of aromatic nitrogens is 2. The van der Waals surface area contributed by atoms with Crippen molar-refractivity contribution in [1.82, 2.24) is 15.1 Å². The van der Waals surface area contributed by atoms with Crippen LogP contribution < -0.4 is 5.32 Å². The summed E-state index contributed by atoms with van der Waals surface area (Å²) in [4.78, 5) is 15.3. The lowest BCUT2D eigenvalue weighted by atomic mass is 9.91. The Hall–Kier alpha value is -3.81. The summed E-state index contributed by atoms with van der Waals surface area (Å²) < 4.78 is 19.4. The predicted octanol–water partition coefficient (Wildman–Crippen LogP) is 5.08. The molecule has 186 valence electrons. The van der Waals surface area contributed by atoms with Crippen LogP contribution in [0.3, 0.4) is 0 Å². The molecule has 1 aromatic heterocycles. The van der Waals surface area contributed by atoms with Crippen LogP contribution in [0.5, 0.6) is 0 Å². The summed E-state index contributed by atoms with van der Waals surface area (Å²) in [7, 11) is 0. The monoisotopic (exact) mass is 494 g/mol. The van der Waals surface area contributed by atoms with E-state index in [0.717, 1.165) is 71.8 Å². The van der Waals surface area contributed by atoms with Gasteiger partial charge in [0.2, 0.25) is 5.91 Å². The number of hydrogen-bond acceptors (Lipinski definition) is 4. The number of rotatable bonds is 5. The minimum atomic E-state index is -0.665. The molecule has 6 nitrogen and oxygen atoms in total. The zero-order valence-corrected chi connectivity index (χ0v) is 20.3. The second-order valence-corrected chi connectivity index (χ2v) is 10.2. The topological polar surface area (TPSA) is 70.2 Å². The van der Waals surface area contributed by atoms with E-state index in [4.69, 9.17) is 4.74 Å². The highest BCUT2D eigenvalue weighted by Gasteiger charge is 2.65. The summed E-state index contributed by atoms with van der Waals surface area (Å²) in [6.07, 6.45) is 4.78. The lowest BCUT2D eigenvalue weighted by molar-refractivity contribution is -0.118. The first-order valence-corrected chi connectivity index (χ1v) is 12.8. The van der Waals surface area contributed by atoms with E-state index in [9.17, 15) is 9.18 Å². The Kier molecular flexibility index (Phi) is 5.23. The van der Waals surface area contributed by atoms with Crippen LogP contribution in [-0.4, -0.2) is 47.3 Å². The molecular formula is C30H27FN4O2. The molecule has 1 saturated carbocycles. The van der Waals surface area contributed by atoms with Gasteiger partial charge in [-0.05, 0) is 59.0 Å². The summed E-state index contributed by atoms with van der Waals surface area (Å²) in [5, 5.41) is 11.6. The van der Waals surface area contributed by atoms with E-state index < -0.39 is 5.41 Å². The minimum absolute atomic E-state index is 0.0261. The molecule has 0 radical (unpaired) electrons. The van der Waals surface area contributed by atoms with E-state index in [0.29, 0.717) is 6.42 Å². The number of nitrogens with one attached hydrogen (secondary N) is 2. The van der Waals surface area contributed by atoms with Gasteiger partial charge in [-0.25, -0.2) is 4.39 Å². The number of carbonyl (C=O) groups excluding carboxylic acids is 1. The number of H-pyrrole nitrogens is 1.